The number of carbonyl (C=O) groups is 2. The van der Waals surface area contributed by atoms with Crippen molar-refractivity contribution in [3.63, 3.8) is 0 Å². The van der Waals surface area contributed by atoms with Crippen LogP contribution in [0.3, 0.4) is 0 Å². The zero-order valence-electron chi connectivity index (χ0n) is 11.0. The number of carboxylic acid groups (broad SMARTS) is 1. The number of carbonyl (C=O) groups excluding carboxylic acids is 1. The molecule has 4 nitrogen and oxygen atoms in total. The first-order valence-electron chi connectivity index (χ1n) is 6.77. The Morgan fingerprint density at radius 1 is 1.50 bits per heavy atom. The predicted molar refractivity (Wildman–Crippen MR) is 79.7 cm³/mol. The van der Waals surface area contributed by atoms with Crippen molar-refractivity contribution >= 4 is 39.1 Å². The van der Waals surface area contributed by atoms with Gasteiger partial charge in [0.1, 0.15) is 0 Å². The Bertz CT molecular complexity index is 558. The average Bonchev–Trinajstić information content (AvgIpc) is 3.02. The Morgan fingerprint density at radius 3 is 2.90 bits per heavy atom. The quantitative estimate of drug-likeness (QED) is 0.904. The highest BCUT2D eigenvalue weighted by Crippen LogP contribution is 2.49. The lowest BCUT2D eigenvalue weighted by Crippen LogP contribution is -2.37. The Balaban J connectivity index is 1.70. The van der Waals surface area contributed by atoms with E-state index in [1.807, 2.05) is 12.1 Å². The molecule has 0 bridgehead atoms. The molecule has 1 aromatic heterocycles. The monoisotopic (exact) mass is 357 g/mol. The number of nitrogens with zero attached hydrogens (tertiary/aromatic N) is 1. The van der Waals surface area contributed by atoms with Gasteiger partial charge in [0.05, 0.1) is 15.6 Å². The molecule has 0 radical (unpaired) electrons. The molecular weight excluding hydrogens is 342 g/mol. The van der Waals surface area contributed by atoms with Crippen molar-refractivity contribution in [3.8, 4) is 0 Å². The fourth-order valence-electron chi connectivity index (χ4n) is 3.54. The highest BCUT2D eigenvalue weighted by atomic mass is 79.9. The van der Waals surface area contributed by atoms with Crippen LogP contribution >= 0.6 is 27.3 Å². The van der Waals surface area contributed by atoms with Crippen LogP contribution in [0.5, 0.6) is 0 Å². The fraction of sp³-hybridized carbons (Fsp3) is 0.571. The normalized spacial score (nSPS) is 28.6. The first kappa shape index (κ1) is 14.1. The van der Waals surface area contributed by atoms with Gasteiger partial charge in [-0.25, -0.2) is 0 Å². The molecule has 0 spiro atoms. The molecule has 108 valence electrons. The summed E-state index contributed by atoms with van der Waals surface area (Å²) in [5.41, 5.74) is -0.675. The van der Waals surface area contributed by atoms with E-state index in [9.17, 15) is 14.7 Å². The number of aliphatic carboxylic acids is 1. The highest BCUT2D eigenvalue weighted by molar-refractivity contribution is 9.11. The molecule has 1 aliphatic heterocycles. The van der Waals surface area contributed by atoms with Crippen molar-refractivity contribution in [2.45, 2.75) is 25.7 Å². The topological polar surface area (TPSA) is 57.6 Å². The molecule has 2 aliphatic rings. The van der Waals surface area contributed by atoms with Gasteiger partial charge in [0.2, 0.25) is 5.91 Å². The van der Waals surface area contributed by atoms with Gasteiger partial charge in [-0.3, -0.25) is 9.59 Å². The summed E-state index contributed by atoms with van der Waals surface area (Å²) >= 11 is 4.94. The number of hydrogen-bond acceptors (Lipinski definition) is 3. The molecule has 2 fully saturated rings. The number of likely N-dealkylation sites (tertiary alicyclic amines) is 1. The van der Waals surface area contributed by atoms with Gasteiger partial charge in [-0.05, 0) is 46.8 Å². The van der Waals surface area contributed by atoms with Crippen molar-refractivity contribution in [1.29, 1.82) is 0 Å². The molecule has 20 heavy (non-hydrogen) atoms. The Labute approximate surface area is 129 Å². The van der Waals surface area contributed by atoms with Crippen LogP contribution in [0.1, 0.15) is 24.1 Å². The van der Waals surface area contributed by atoms with E-state index in [1.165, 1.54) is 0 Å². The summed E-state index contributed by atoms with van der Waals surface area (Å²) in [4.78, 5) is 26.7. The maximum atomic E-state index is 12.3. The van der Waals surface area contributed by atoms with Crippen LogP contribution in [0.4, 0.5) is 0 Å². The van der Waals surface area contributed by atoms with E-state index in [4.69, 9.17) is 0 Å². The molecule has 6 heteroatoms. The van der Waals surface area contributed by atoms with E-state index in [2.05, 4.69) is 15.9 Å². The second kappa shape index (κ2) is 5.15. The van der Waals surface area contributed by atoms with E-state index in [0.717, 1.165) is 21.5 Å². The SMILES string of the molecule is O=C(Cc1ccc(Br)s1)N1C[C@@H]2CCC[C@@]2(C(=O)O)C1. The van der Waals surface area contributed by atoms with Crippen molar-refractivity contribution in [3.05, 3.63) is 20.8 Å². The van der Waals surface area contributed by atoms with E-state index in [0.29, 0.717) is 25.9 Å². The molecule has 2 atom stereocenters. The van der Waals surface area contributed by atoms with Gasteiger partial charge in [0.15, 0.2) is 0 Å². The first-order valence-corrected chi connectivity index (χ1v) is 8.37. The minimum absolute atomic E-state index is 0.0503. The second-order valence-electron chi connectivity index (χ2n) is 5.71. The van der Waals surface area contributed by atoms with Crippen molar-refractivity contribution in [1.82, 2.24) is 4.90 Å². The van der Waals surface area contributed by atoms with E-state index < -0.39 is 11.4 Å². The molecule has 0 aromatic carbocycles. The third kappa shape index (κ3) is 2.29. The number of thiophene rings is 1. The number of halogens is 1. The van der Waals surface area contributed by atoms with Crippen LogP contribution in [-0.4, -0.2) is 35.0 Å². The lowest BCUT2D eigenvalue weighted by Gasteiger charge is -2.23. The Hall–Kier alpha value is -0.880. The van der Waals surface area contributed by atoms with Gasteiger partial charge in [0, 0.05) is 18.0 Å². The molecular formula is C14H16BrNO3S. The van der Waals surface area contributed by atoms with Gasteiger partial charge < -0.3 is 10.0 Å². The van der Waals surface area contributed by atoms with Gasteiger partial charge >= 0.3 is 5.97 Å². The van der Waals surface area contributed by atoms with Gasteiger partial charge in [-0.1, -0.05) is 6.42 Å². The first-order chi connectivity index (χ1) is 9.51. The largest absolute Gasteiger partial charge is 0.481 e. The number of hydrogen-bond donors (Lipinski definition) is 1. The Morgan fingerprint density at radius 2 is 2.30 bits per heavy atom. The molecule has 1 saturated heterocycles. The summed E-state index contributed by atoms with van der Waals surface area (Å²) < 4.78 is 1.01. The Kier molecular flexibility index (Phi) is 3.62. The lowest BCUT2D eigenvalue weighted by atomic mass is 9.81. The highest BCUT2D eigenvalue weighted by Gasteiger charge is 2.55. The fourth-order valence-corrected chi connectivity index (χ4v) is 5.01. The third-order valence-corrected chi connectivity index (χ3v) is 6.23. The minimum Gasteiger partial charge on any atom is -0.481 e. The van der Waals surface area contributed by atoms with Crippen molar-refractivity contribution < 1.29 is 14.7 Å². The summed E-state index contributed by atoms with van der Waals surface area (Å²) in [6.45, 7) is 0.996. The minimum atomic E-state index is -0.728. The summed E-state index contributed by atoms with van der Waals surface area (Å²) in [5, 5.41) is 9.52. The number of rotatable bonds is 3. The van der Waals surface area contributed by atoms with Gasteiger partial charge in [0.25, 0.3) is 0 Å². The molecule has 1 amide bonds. The van der Waals surface area contributed by atoms with Crippen LogP contribution in [0.2, 0.25) is 0 Å². The summed E-state index contributed by atoms with van der Waals surface area (Å²) in [6, 6.07) is 3.88. The summed E-state index contributed by atoms with van der Waals surface area (Å²) in [6.07, 6.45) is 2.98. The standard InChI is InChI=1S/C14H16BrNO3S/c15-11-4-3-10(20-11)6-12(17)16-7-9-2-1-5-14(9,8-16)13(18)19/h3-4,9H,1-2,5-8H2,(H,18,19)/t9-,14+/m0/s1. The number of fused-ring (bicyclic) bond motifs is 1. The zero-order chi connectivity index (χ0) is 14.3. The van der Waals surface area contributed by atoms with Crippen molar-refractivity contribution in [2.75, 3.05) is 13.1 Å². The maximum absolute atomic E-state index is 12.3. The molecule has 1 N–H and O–H groups in total. The summed E-state index contributed by atoms with van der Waals surface area (Å²) in [5.74, 6) is -0.539. The van der Waals surface area contributed by atoms with Gasteiger partial charge in [-0.15, -0.1) is 11.3 Å². The van der Waals surface area contributed by atoms with Crippen LogP contribution in [0.25, 0.3) is 0 Å². The molecule has 1 aromatic rings. The van der Waals surface area contributed by atoms with Crippen LogP contribution in [0, 0.1) is 11.3 Å². The van der Waals surface area contributed by atoms with Crippen LogP contribution in [-0.2, 0) is 16.0 Å². The van der Waals surface area contributed by atoms with Gasteiger partial charge in [-0.2, -0.15) is 0 Å². The predicted octanol–water partition coefficient (Wildman–Crippen LogP) is 2.77. The molecule has 1 aliphatic carbocycles. The average molecular weight is 358 g/mol. The van der Waals surface area contributed by atoms with E-state index in [-0.39, 0.29) is 11.8 Å². The molecule has 0 unspecified atom stereocenters. The van der Waals surface area contributed by atoms with Crippen LogP contribution in [0.15, 0.2) is 15.9 Å². The molecule has 1 saturated carbocycles. The third-order valence-electron chi connectivity index (χ3n) is 4.60. The zero-order valence-corrected chi connectivity index (χ0v) is 13.4. The molecule has 3 rings (SSSR count). The molecule has 2 heterocycles. The smallest absolute Gasteiger partial charge is 0.311 e. The number of amides is 1. The maximum Gasteiger partial charge on any atom is 0.311 e. The van der Waals surface area contributed by atoms with E-state index >= 15 is 0 Å². The number of carboxylic acids is 1. The van der Waals surface area contributed by atoms with E-state index in [1.54, 1.807) is 16.2 Å². The van der Waals surface area contributed by atoms with Crippen LogP contribution < -0.4 is 0 Å². The summed E-state index contributed by atoms with van der Waals surface area (Å²) in [7, 11) is 0. The second-order valence-corrected chi connectivity index (χ2v) is 8.25. The lowest BCUT2D eigenvalue weighted by molar-refractivity contribution is -0.149. The van der Waals surface area contributed by atoms with Crippen molar-refractivity contribution in [2.24, 2.45) is 11.3 Å².